The lowest BCUT2D eigenvalue weighted by atomic mass is 9.92. The monoisotopic (exact) mass is 426 g/mol. The average Bonchev–Trinajstić information content (AvgIpc) is 2.60. The number of benzene rings is 1. The fraction of sp³-hybridized carbons (Fsp3) is 0.500. The molecule has 0 aromatic heterocycles. The van der Waals surface area contributed by atoms with E-state index in [1.54, 1.807) is 6.07 Å². The van der Waals surface area contributed by atoms with Gasteiger partial charge in [-0.2, -0.15) is 13.2 Å². The molecule has 0 saturated heterocycles. The first-order valence-corrected chi connectivity index (χ1v) is 10.1. The molecule has 158 valence electrons. The van der Waals surface area contributed by atoms with Crippen molar-refractivity contribution >= 4 is 17.5 Å². The molecule has 1 N–H and O–H groups in total. The molecule has 1 amide bonds. The third-order valence-electron chi connectivity index (χ3n) is 5.15. The predicted octanol–water partition coefficient (Wildman–Crippen LogP) is 5.74. The number of allylic oxidation sites excluding steroid dienone is 4. The van der Waals surface area contributed by atoms with Crippen molar-refractivity contribution < 1.29 is 18.0 Å². The zero-order valence-corrected chi connectivity index (χ0v) is 17.7. The van der Waals surface area contributed by atoms with Crippen LogP contribution in [-0.2, 0) is 23.9 Å². The summed E-state index contributed by atoms with van der Waals surface area (Å²) < 4.78 is 38.8. The van der Waals surface area contributed by atoms with Gasteiger partial charge < -0.3 is 10.2 Å². The Kier molecular flexibility index (Phi) is 6.04. The second-order valence-electron chi connectivity index (χ2n) is 8.90. The largest absolute Gasteiger partial charge is 0.416 e. The van der Waals surface area contributed by atoms with Crippen LogP contribution in [0.1, 0.15) is 56.7 Å². The quantitative estimate of drug-likeness (QED) is 0.668. The van der Waals surface area contributed by atoms with Crippen LogP contribution in [0.4, 0.5) is 13.2 Å². The zero-order chi connectivity index (χ0) is 21.4. The molecular formula is C22H26ClF3N2O. The number of carbonyl (C=O) groups is 1. The number of halogens is 4. The number of hydrogen-bond acceptors (Lipinski definition) is 2. The molecule has 1 heterocycles. The number of carbonyl (C=O) groups excluding carboxylic acids is 1. The summed E-state index contributed by atoms with van der Waals surface area (Å²) in [5.41, 5.74) is 2.76. The van der Waals surface area contributed by atoms with Gasteiger partial charge in [0.1, 0.15) is 0 Å². The highest BCUT2D eigenvalue weighted by molar-refractivity contribution is 6.31. The van der Waals surface area contributed by atoms with Crippen LogP contribution in [0, 0.1) is 5.41 Å². The van der Waals surface area contributed by atoms with Crippen molar-refractivity contribution in [2.45, 2.75) is 59.2 Å². The van der Waals surface area contributed by atoms with Gasteiger partial charge in [-0.25, -0.2) is 0 Å². The van der Waals surface area contributed by atoms with Crippen molar-refractivity contribution in [2.75, 3.05) is 6.54 Å². The molecule has 3 nitrogen and oxygen atoms in total. The smallest absolute Gasteiger partial charge is 0.370 e. The van der Waals surface area contributed by atoms with Gasteiger partial charge in [-0.3, -0.25) is 4.79 Å². The van der Waals surface area contributed by atoms with E-state index in [0.717, 1.165) is 35.0 Å². The van der Waals surface area contributed by atoms with E-state index < -0.39 is 11.7 Å². The van der Waals surface area contributed by atoms with Crippen LogP contribution >= 0.6 is 11.6 Å². The van der Waals surface area contributed by atoms with Crippen molar-refractivity contribution in [1.29, 1.82) is 0 Å². The highest BCUT2D eigenvalue weighted by Gasteiger charge is 2.32. The van der Waals surface area contributed by atoms with E-state index in [-0.39, 0.29) is 11.3 Å². The summed E-state index contributed by atoms with van der Waals surface area (Å²) in [5, 5.41) is 3.44. The Balaban J connectivity index is 1.70. The maximum atomic E-state index is 12.9. The summed E-state index contributed by atoms with van der Waals surface area (Å²) in [4.78, 5) is 14.3. The van der Waals surface area contributed by atoms with Crippen molar-refractivity contribution in [3.05, 3.63) is 57.4 Å². The van der Waals surface area contributed by atoms with Crippen LogP contribution in [0.2, 0.25) is 0 Å². The Bertz CT molecular complexity index is 866. The van der Waals surface area contributed by atoms with E-state index in [2.05, 4.69) is 10.2 Å². The lowest BCUT2D eigenvalue weighted by Gasteiger charge is -2.34. The van der Waals surface area contributed by atoms with Crippen LogP contribution in [0.5, 0.6) is 0 Å². The average molecular weight is 427 g/mol. The molecule has 0 atom stereocenters. The Labute approximate surface area is 174 Å². The van der Waals surface area contributed by atoms with Gasteiger partial charge in [-0.05, 0) is 54.0 Å². The van der Waals surface area contributed by atoms with Crippen molar-refractivity contribution in [3.8, 4) is 0 Å². The zero-order valence-electron chi connectivity index (χ0n) is 16.9. The normalized spacial score (nSPS) is 17.8. The predicted molar refractivity (Wildman–Crippen MR) is 108 cm³/mol. The molecule has 0 spiro atoms. The summed E-state index contributed by atoms with van der Waals surface area (Å²) in [7, 11) is 0. The molecule has 0 fully saturated rings. The number of amides is 1. The van der Waals surface area contributed by atoms with Gasteiger partial charge in [0.05, 0.1) is 10.6 Å². The number of fused-ring (bicyclic) bond motifs is 1. The third kappa shape index (κ3) is 5.56. The third-order valence-corrected chi connectivity index (χ3v) is 5.48. The van der Waals surface area contributed by atoms with E-state index in [1.165, 1.54) is 6.07 Å². The molecule has 0 unspecified atom stereocenters. The standard InChI is InChI=1S/C22H26ClF3N2O/c1-21(2,3)12-20(29)27-19-7-6-17(11-18(19)23)28-9-8-14-10-16(22(24,25)26)5-4-15(14)13-28/h4-5,10-11H,6-9,12-13H2,1-3H3,(H,27,29). The molecule has 1 aliphatic carbocycles. The van der Waals surface area contributed by atoms with Crippen LogP contribution in [-0.4, -0.2) is 17.4 Å². The molecule has 3 rings (SSSR count). The van der Waals surface area contributed by atoms with E-state index >= 15 is 0 Å². The van der Waals surface area contributed by atoms with Crippen LogP contribution in [0.3, 0.4) is 0 Å². The number of hydrogen-bond donors (Lipinski definition) is 1. The van der Waals surface area contributed by atoms with Crippen molar-refractivity contribution in [1.82, 2.24) is 10.2 Å². The van der Waals surface area contributed by atoms with Gasteiger partial charge in [0.25, 0.3) is 0 Å². The highest BCUT2D eigenvalue weighted by Crippen LogP contribution is 2.34. The lowest BCUT2D eigenvalue weighted by Crippen LogP contribution is -2.32. The maximum Gasteiger partial charge on any atom is 0.416 e. The van der Waals surface area contributed by atoms with Crippen LogP contribution in [0.25, 0.3) is 0 Å². The number of rotatable bonds is 3. The van der Waals surface area contributed by atoms with Gasteiger partial charge in [0, 0.05) is 30.9 Å². The van der Waals surface area contributed by atoms with Gasteiger partial charge in [-0.15, -0.1) is 0 Å². The molecule has 0 saturated carbocycles. The van der Waals surface area contributed by atoms with E-state index in [9.17, 15) is 18.0 Å². The van der Waals surface area contributed by atoms with E-state index in [1.807, 2.05) is 26.8 Å². The summed E-state index contributed by atoms with van der Waals surface area (Å²) in [6.07, 6.45) is -0.0988. The molecule has 1 aromatic rings. The first-order chi connectivity index (χ1) is 13.4. The highest BCUT2D eigenvalue weighted by atomic mass is 35.5. The Morgan fingerprint density at radius 1 is 1.14 bits per heavy atom. The first kappa shape index (κ1) is 21.8. The summed E-state index contributed by atoms with van der Waals surface area (Å²) in [6, 6.07) is 3.98. The minimum absolute atomic E-state index is 0.0464. The first-order valence-electron chi connectivity index (χ1n) is 9.75. The number of nitrogens with zero attached hydrogens (tertiary/aromatic N) is 1. The molecule has 7 heteroatoms. The molecule has 2 aliphatic rings. The van der Waals surface area contributed by atoms with E-state index in [0.29, 0.717) is 37.4 Å². The van der Waals surface area contributed by atoms with Crippen LogP contribution < -0.4 is 5.32 Å². The minimum Gasteiger partial charge on any atom is -0.370 e. The summed E-state index contributed by atoms with van der Waals surface area (Å²) >= 11 is 6.42. The molecule has 0 radical (unpaired) electrons. The van der Waals surface area contributed by atoms with Gasteiger partial charge in [0.15, 0.2) is 0 Å². The second-order valence-corrected chi connectivity index (χ2v) is 9.31. The SMILES string of the molecule is CC(C)(C)CC(=O)NC1=C(Cl)C=C(N2CCc3cc(C(F)(F)F)ccc3C2)CC1. The summed E-state index contributed by atoms with van der Waals surface area (Å²) in [5.74, 6) is -0.0464. The lowest BCUT2D eigenvalue weighted by molar-refractivity contribution is -0.137. The minimum atomic E-state index is -4.32. The molecular weight excluding hydrogens is 401 g/mol. The Morgan fingerprint density at radius 2 is 1.86 bits per heavy atom. The summed E-state index contributed by atoms with van der Waals surface area (Å²) in [6.45, 7) is 7.24. The Hall–Kier alpha value is -1.95. The van der Waals surface area contributed by atoms with Gasteiger partial charge in [-0.1, -0.05) is 38.4 Å². The van der Waals surface area contributed by atoms with Crippen molar-refractivity contribution in [2.24, 2.45) is 5.41 Å². The van der Waals surface area contributed by atoms with E-state index in [4.69, 9.17) is 11.6 Å². The fourth-order valence-corrected chi connectivity index (χ4v) is 3.99. The fourth-order valence-electron chi connectivity index (χ4n) is 3.72. The number of nitrogens with one attached hydrogen (secondary N) is 1. The maximum absolute atomic E-state index is 12.9. The molecule has 29 heavy (non-hydrogen) atoms. The Morgan fingerprint density at radius 3 is 2.48 bits per heavy atom. The van der Waals surface area contributed by atoms with Gasteiger partial charge in [0.2, 0.25) is 5.91 Å². The van der Waals surface area contributed by atoms with Gasteiger partial charge >= 0.3 is 6.18 Å². The molecule has 1 aliphatic heterocycles. The second kappa shape index (κ2) is 8.05. The molecule has 1 aromatic carbocycles. The molecule has 0 bridgehead atoms. The number of alkyl halides is 3. The van der Waals surface area contributed by atoms with Crippen LogP contribution in [0.15, 0.2) is 40.7 Å². The topological polar surface area (TPSA) is 32.3 Å². The van der Waals surface area contributed by atoms with Crippen molar-refractivity contribution in [3.63, 3.8) is 0 Å².